The summed E-state index contributed by atoms with van der Waals surface area (Å²) in [5, 5.41) is 0. The van der Waals surface area contributed by atoms with E-state index >= 15 is 0 Å². The second-order valence-corrected chi connectivity index (χ2v) is 5.02. The number of unbranched alkanes of at least 4 members (excludes halogenated alkanes) is 6. The maximum atomic E-state index is 5.47. The minimum Gasteiger partial charge on any atom is -0.364 e. The Balaban J connectivity index is 1.83. The highest BCUT2D eigenvalue weighted by Gasteiger charge is 2.15. The van der Waals surface area contributed by atoms with E-state index in [1.54, 1.807) is 0 Å². The lowest BCUT2D eigenvalue weighted by molar-refractivity contribution is 0.283. The number of nitrogens with zero attached hydrogens (tertiary/aromatic N) is 2. The minimum atomic E-state index is 0.856. The van der Waals surface area contributed by atoms with Crippen molar-refractivity contribution in [3.05, 3.63) is 12.8 Å². The summed E-state index contributed by atoms with van der Waals surface area (Å²) in [6.45, 7) is 9.38. The summed E-state index contributed by atoms with van der Waals surface area (Å²) in [6, 6.07) is 0. The van der Waals surface area contributed by atoms with Gasteiger partial charge < -0.3 is 10.6 Å². The maximum Gasteiger partial charge on any atom is 0.0702 e. The highest BCUT2D eigenvalue weighted by Crippen LogP contribution is 2.10. The van der Waals surface area contributed by atoms with E-state index in [0.717, 1.165) is 19.8 Å². The fourth-order valence-electron chi connectivity index (χ4n) is 2.36. The van der Waals surface area contributed by atoms with E-state index in [9.17, 15) is 0 Å². The van der Waals surface area contributed by atoms with Crippen molar-refractivity contribution in [3.8, 4) is 0 Å². The fourth-order valence-corrected chi connectivity index (χ4v) is 2.36. The molecule has 0 spiro atoms. The molecule has 1 fully saturated rings. The van der Waals surface area contributed by atoms with Crippen molar-refractivity contribution in [3.63, 3.8) is 0 Å². The van der Waals surface area contributed by atoms with E-state index in [1.165, 1.54) is 58.0 Å². The van der Waals surface area contributed by atoms with Crippen LogP contribution in [0.4, 0.5) is 0 Å². The third-order valence-corrected chi connectivity index (χ3v) is 3.52. The third-order valence-electron chi connectivity index (χ3n) is 3.52. The van der Waals surface area contributed by atoms with Gasteiger partial charge in [-0.15, -0.1) is 0 Å². The lowest BCUT2D eigenvalue weighted by atomic mass is 10.1. The molecule has 1 heterocycles. The first-order chi connectivity index (χ1) is 8.36. The first-order valence-electron chi connectivity index (χ1n) is 7.16. The van der Waals surface area contributed by atoms with Gasteiger partial charge in [-0.2, -0.15) is 0 Å². The monoisotopic (exact) mass is 239 g/mol. The number of rotatable bonds is 10. The van der Waals surface area contributed by atoms with Crippen molar-refractivity contribution in [2.45, 2.75) is 44.9 Å². The molecule has 0 unspecified atom stereocenters. The Morgan fingerprint density at radius 2 is 1.59 bits per heavy atom. The number of hydrogen-bond acceptors (Lipinski definition) is 3. The predicted octanol–water partition coefficient (Wildman–Crippen LogP) is 2.39. The Morgan fingerprint density at radius 1 is 0.941 bits per heavy atom. The third kappa shape index (κ3) is 6.69. The van der Waals surface area contributed by atoms with Gasteiger partial charge >= 0.3 is 0 Å². The molecule has 17 heavy (non-hydrogen) atoms. The lowest BCUT2D eigenvalue weighted by Crippen LogP contribution is -2.23. The van der Waals surface area contributed by atoms with Gasteiger partial charge in [0.05, 0.1) is 6.67 Å². The van der Waals surface area contributed by atoms with Crippen LogP contribution in [0, 0.1) is 0 Å². The van der Waals surface area contributed by atoms with Crippen molar-refractivity contribution in [1.82, 2.24) is 9.80 Å². The summed E-state index contributed by atoms with van der Waals surface area (Å²) < 4.78 is 0. The Morgan fingerprint density at radius 3 is 2.18 bits per heavy atom. The molecule has 0 aliphatic carbocycles. The Labute approximate surface area is 107 Å². The van der Waals surface area contributed by atoms with Gasteiger partial charge in [0.1, 0.15) is 0 Å². The minimum absolute atomic E-state index is 0.856. The van der Waals surface area contributed by atoms with Crippen molar-refractivity contribution in [2.24, 2.45) is 5.73 Å². The van der Waals surface area contributed by atoms with Crippen LogP contribution in [0.15, 0.2) is 12.8 Å². The highest BCUT2D eigenvalue weighted by atomic mass is 15.4. The Bertz CT molecular complexity index is 194. The van der Waals surface area contributed by atoms with Crippen molar-refractivity contribution >= 4 is 0 Å². The van der Waals surface area contributed by atoms with Crippen LogP contribution in [0.2, 0.25) is 0 Å². The lowest BCUT2D eigenvalue weighted by Gasteiger charge is -2.15. The topological polar surface area (TPSA) is 32.5 Å². The maximum absolute atomic E-state index is 5.47. The van der Waals surface area contributed by atoms with Crippen LogP contribution in [0.3, 0.4) is 0 Å². The summed E-state index contributed by atoms with van der Waals surface area (Å²) in [5.41, 5.74) is 5.47. The van der Waals surface area contributed by atoms with Gasteiger partial charge in [-0.25, -0.2) is 0 Å². The van der Waals surface area contributed by atoms with Crippen LogP contribution in [-0.4, -0.2) is 42.6 Å². The van der Waals surface area contributed by atoms with Gasteiger partial charge in [0.2, 0.25) is 0 Å². The van der Waals surface area contributed by atoms with Crippen molar-refractivity contribution in [1.29, 1.82) is 0 Å². The normalized spacial score (nSPS) is 16.6. The average molecular weight is 239 g/mol. The van der Waals surface area contributed by atoms with E-state index < -0.39 is 0 Å². The quantitative estimate of drug-likeness (QED) is 0.594. The highest BCUT2D eigenvalue weighted by molar-refractivity contribution is 4.78. The molecular formula is C14H29N3. The molecule has 0 atom stereocenters. The van der Waals surface area contributed by atoms with Crippen LogP contribution in [-0.2, 0) is 0 Å². The van der Waals surface area contributed by atoms with E-state index in [1.807, 2.05) is 6.20 Å². The van der Waals surface area contributed by atoms with Crippen molar-refractivity contribution in [2.75, 3.05) is 32.8 Å². The number of hydrogen-bond donors (Lipinski definition) is 1. The van der Waals surface area contributed by atoms with Gasteiger partial charge in [-0.05, 0) is 32.1 Å². The summed E-state index contributed by atoms with van der Waals surface area (Å²) in [7, 11) is 0. The van der Waals surface area contributed by atoms with E-state index in [0.29, 0.717) is 0 Å². The molecule has 3 heteroatoms. The standard InChI is InChI=1S/C14H29N3/c1-2-16-12-13-17(14-16)11-9-7-5-3-4-6-8-10-15/h2H,1,3-15H2. The zero-order chi connectivity index (χ0) is 12.3. The second kappa shape index (κ2) is 9.49. The molecule has 0 aromatic heterocycles. The first kappa shape index (κ1) is 14.5. The molecule has 1 aliphatic heterocycles. The molecule has 2 N–H and O–H groups in total. The number of nitrogens with two attached hydrogens (primary N) is 1. The van der Waals surface area contributed by atoms with Gasteiger partial charge in [0, 0.05) is 13.1 Å². The van der Waals surface area contributed by atoms with E-state index in [2.05, 4.69) is 16.4 Å². The van der Waals surface area contributed by atoms with Gasteiger partial charge in [0.15, 0.2) is 0 Å². The van der Waals surface area contributed by atoms with Crippen LogP contribution < -0.4 is 5.73 Å². The van der Waals surface area contributed by atoms with Crippen LogP contribution in [0.1, 0.15) is 44.9 Å². The summed E-state index contributed by atoms with van der Waals surface area (Å²) in [5.74, 6) is 0. The largest absolute Gasteiger partial charge is 0.364 e. The molecule has 0 amide bonds. The molecule has 0 aromatic rings. The molecule has 0 saturated carbocycles. The van der Waals surface area contributed by atoms with Crippen LogP contribution in [0.5, 0.6) is 0 Å². The molecule has 1 aliphatic rings. The summed E-state index contributed by atoms with van der Waals surface area (Å²) in [6.07, 6.45) is 11.3. The molecule has 3 nitrogen and oxygen atoms in total. The second-order valence-electron chi connectivity index (χ2n) is 5.02. The SMILES string of the molecule is C=CN1CCN(CCCCCCCCCN)C1. The van der Waals surface area contributed by atoms with Gasteiger partial charge in [-0.3, -0.25) is 4.90 Å². The average Bonchev–Trinajstić information content (AvgIpc) is 2.80. The van der Waals surface area contributed by atoms with Gasteiger partial charge in [-0.1, -0.05) is 38.7 Å². The summed E-state index contributed by atoms with van der Waals surface area (Å²) >= 11 is 0. The predicted molar refractivity (Wildman–Crippen MR) is 74.7 cm³/mol. The molecule has 100 valence electrons. The molecule has 0 radical (unpaired) electrons. The fraction of sp³-hybridized carbons (Fsp3) is 0.857. The zero-order valence-electron chi connectivity index (χ0n) is 11.2. The van der Waals surface area contributed by atoms with E-state index in [4.69, 9.17) is 5.73 Å². The molecule has 1 rings (SSSR count). The zero-order valence-corrected chi connectivity index (χ0v) is 11.2. The molecule has 0 aromatic carbocycles. The van der Waals surface area contributed by atoms with Crippen molar-refractivity contribution < 1.29 is 0 Å². The van der Waals surface area contributed by atoms with Gasteiger partial charge in [0.25, 0.3) is 0 Å². The molecular weight excluding hydrogens is 210 g/mol. The van der Waals surface area contributed by atoms with Crippen LogP contribution >= 0.6 is 0 Å². The Kier molecular flexibility index (Phi) is 8.10. The first-order valence-corrected chi connectivity index (χ1v) is 7.16. The van der Waals surface area contributed by atoms with E-state index in [-0.39, 0.29) is 0 Å². The Hall–Kier alpha value is -0.540. The molecule has 1 saturated heterocycles. The summed E-state index contributed by atoms with van der Waals surface area (Å²) in [4.78, 5) is 4.81. The van der Waals surface area contributed by atoms with Crippen LogP contribution in [0.25, 0.3) is 0 Å². The smallest absolute Gasteiger partial charge is 0.0702 e. The molecule has 0 bridgehead atoms.